The van der Waals surface area contributed by atoms with Gasteiger partial charge in [0.1, 0.15) is 11.9 Å². The minimum atomic E-state index is -1.06. The van der Waals surface area contributed by atoms with Crippen molar-refractivity contribution < 1.29 is 66.4 Å². The number of rotatable bonds is 7. The van der Waals surface area contributed by atoms with Crippen LogP contribution in [-0.4, -0.2) is 36.8 Å². The van der Waals surface area contributed by atoms with Gasteiger partial charge in [-0.2, -0.15) is 0 Å². The zero-order chi connectivity index (χ0) is 12.9. The molecule has 104 valence electrons. The SMILES string of the molecule is CSc1ncc([C-]=O)n1COCC[Si](C)(C)C.[K+].[OH3+]. The Morgan fingerprint density at radius 2 is 2.11 bits per heavy atom. The van der Waals surface area contributed by atoms with Crippen molar-refractivity contribution in [1.29, 1.82) is 0 Å². The first-order valence-corrected chi connectivity index (χ1v) is 10.5. The number of ether oxygens (including phenoxy) is 1. The van der Waals surface area contributed by atoms with Crippen LogP contribution < -0.4 is 51.4 Å². The fraction of sp³-hybridized carbons (Fsp3) is 0.636. The number of nitrogens with zero attached hydrogens (tertiary/aromatic N) is 2. The first-order chi connectivity index (χ1) is 7.98. The molecule has 1 rings (SSSR count). The van der Waals surface area contributed by atoms with E-state index in [9.17, 15) is 4.79 Å². The molecule has 0 saturated heterocycles. The summed E-state index contributed by atoms with van der Waals surface area (Å²) in [5.74, 6) is 0. The van der Waals surface area contributed by atoms with E-state index in [1.807, 2.05) is 12.5 Å². The largest absolute Gasteiger partial charge is 1.00 e. The summed E-state index contributed by atoms with van der Waals surface area (Å²) in [7, 11) is -1.06. The zero-order valence-electron chi connectivity index (χ0n) is 12.4. The van der Waals surface area contributed by atoms with Crippen molar-refractivity contribution >= 4 is 26.1 Å². The second-order valence-corrected chi connectivity index (χ2v) is 11.4. The molecule has 0 aliphatic heterocycles. The van der Waals surface area contributed by atoms with Gasteiger partial charge in [0.05, 0.1) is 0 Å². The Hall–Kier alpha value is 1.00. The smallest absolute Gasteiger partial charge is 0.457 e. The third-order valence-electron chi connectivity index (χ3n) is 2.32. The number of imidazole rings is 1. The van der Waals surface area contributed by atoms with E-state index in [1.165, 1.54) is 18.0 Å². The molecule has 0 atom stereocenters. The Labute approximate surface area is 162 Å². The van der Waals surface area contributed by atoms with Gasteiger partial charge < -0.3 is 24.6 Å². The second-order valence-electron chi connectivity index (χ2n) is 5.01. The number of aromatic nitrogens is 2. The van der Waals surface area contributed by atoms with Crippen molar-refractivity contribution in [3.05, 3.63) is 11.9 Å². The van der Waals surface area contributed by atoms with Crippen LogP contribution in [0.1, 0.15) is 5.69 Å². The normalized spacial score (nSPS) is 10.5. The van der Waals surface area contributed by atoms with Crippen molar-refractivity contribution in [3.63, 3.8) is 0 Å². The van der Waals surface area contributed by atoms with Gasteiger partial charge in [0.25, 0.3) is 0 Å². The maximum absolute atomic E-state index is 10.7. The summed E-state index contributed by atoms with van der Waals surface area (Å²) >= 11 is 1.50. The van der Waals surface area contributed by atoms with Crippen LogP contribution in [-0.2, 0) is 21.7 Å². The van der Waals surface area contributed by atoms with Gasteiger partial charge >= 0.3 is 51.4 Å². The molecule has 0 aromatic carbocycles. The van der Waals surface area contributed by atoms with Crippen LogP contribution in [0, 0.1) is 0 Å². The van der Waals surface area contributed by atoms with Gasteiger partial charge in [0.15, 0.2) is 0 Å². The van der Waals surface area contributed by atoms with Crippen molar-refractivity contribution in [2.24, 2.45) is 0 Å². The van der Waals surface area contributed by atoms with Crippen LogP contribution >= 0.6 is 11.8 Å². The molecule has 0 saturated carbocycles. The standard InChI is InChI=1S/C11H19N2O2SSi.K.H2O/c1-16-11-12-7-10(8-14)13(11)9-15-5-6-17(2,3)4;;/h7H,5-6,9H2,1-4H3;;1H2/q-1;+1;/p+1. The maximum atomic E-state index is 10.7. The summed E-state index contributed by atoms with van der Waals surface area (Å²) in [4.78, 5) is 14.8. The Morgan fingerprint density at radius 1 is 1.47 bits per heavy atom. The van der Waals surface area contributed by atoms with Gasteiger partial charge in [0, 0.05) is 21.0 Å². The molecule has 8 heteroatoms. The van der Waals surface area contributed by atoms with Crippen LogP contribution in [0.4, 0.5) is 0 Å². The predicted octanol–water partition coefficient (Wildman–Crippen LogP) is -1.54. The summed E-state index contributed by atoms with van der Waals surface area (Å²) < 4.78 is 7.36. The summed E-state index contributed by atoms with van der Waals surface area (Å²) in [6.45, 7) is 8.05. The van der Waals surface area contributed by atoms with E-state index in [1.54, 1.807) is 4.57 Å². The van der Waals surface area contributed by atoms with E-state index in [0.29, 0.717) is 12.4 Å². The van der Waals surface area contributed by atoms with Gasteiger partial charge in [-0.25, -0.2) is 0 Å². The van der Waals surface area contributed by atoms with Gasteiger partial charge in [-0.05, 0) is 12.3 Å². The van der Waals surface area contributed by atoms with Gasteiger partial charge in [-0.15, -0.1) is 0 Å². The molecule has 0 aliphatic carbocycles. The Kier molecular flexibility index (Phi) is 12.5. The van der Waals surface area contributed by atoms with Gasteiger partial charge in [-0.1, -0.05) is 43.3 Å². The Balaban J connectivity index is 0. The predicted molar refractivity (Wildman–Crippen MR) is 77.8 cm³/mol. The molecule has 0 amide bonds. The van der Waals surface area contributed by atoms with Crippen molar-refractivity contribution in [2.75, 3.05) is 12.9 Å². The molecule has 0 radical (unpaired) electrons. The molecular weight excluding hydrogens is 307 g/mol. The van der Waals surface area contributed by atoms with Crippen molar-refractivity contribution in [1.82, 2.24) is 9.55 Å². The maximum Gasteiger partial charge on any atom is 1.00 e. The fourth-order valence-electron chi connectivity index (χ4n) is 1.26. The molecular formula is C11H22KN2O3SSi+. The van der Waals surface area contributed by atoms with Crippen LogP contribution in [0.15, 0.2) is 11.4 Å². The molecule has 19 heavy (non-hydrogen) atoms. The minimum absolute atomic E-state index is 0. The minimum Gasteiger partial charge on any atom is -0.457 e. The average Bonchev–Trinajstić information content (AvgIpc) is 2.65. The zero-order valence-corrected chi connectivity index (χ0v) is 17.3. The first kappa shape index (κ1) is 22.3. The second kappa shape index (κ2) is 10.7. The van der Waals surface area contributed by atoms with E-state index >= 15 is 0 Å². The third-order valence-corrected chi connectivity index (χ3v) is 4.72. The number of thioether (sulfide) groups is 1. The monoisotopic (exact) mass is 329 g/mol. The molecule has 5 nitrogen and oxygen atoms in total. The summed E-state index contributed by atoms with van der Waals surface area (Å²) in [5.41, 5.74) is 0.447. The van der Waals surface area contributed by atoms with Gasteiger partial charge in [0.2, 0.25) is 0 Å². The quantitative estimate of drug-likeness (QED) is 0.200. The molecule has 0 aliphatic rings. The summed E-state index contributed by atoms with van der Waals surface area (Å²) in [6.07, 6.45) is 5.33. The molecule has 0 bridgehead atoms. The molecule has 0 fully saturated rings. The van der Waals surface area contributed by atoms with E-state index in [-0.39, 0.29) is 56.9 Å². The van der Waals surface area contributed by atoms with Crippen LogP contribution in [0.3, 0.4) is 0 Å². The van der Waals surface area contributed by atoms with E-state index in [2.05, 4.69) is 24.6 Å². The van der Waals surface area contributed by atoms with Crippen molar-refractivity contribution in [3.8, 4) is 0 Å². The number of hydrogen-bond donors (Lipinski definition) is 0. The molecule has 1 aromatic heterocycles. The topological polar surface area (TPSA) is 77.1 Å². The van der Waals surface area contributed by atoms with Crippen LogP contribution in [0.2, 0.25) is 25.7 Å². The number of carbonyl (C=O) groups excluding carboxylic acids is 1. The van der Waals surface area contributed by atoms with E-state index in [0.717, 1.165) is 17.8 Å². The molecule has 1 aromatic rings. The Bertz CT molecular complexity index is 383. The first-order valence-electron chi connectivity index (χ1n) is 5.53. The average molecular weight is 330 g/mol. The fourth-order valence-corrected chi connectivity index (χ4v) is 2.55. The molecule has 1 heterocycles. The van der Waals surface area contributed by atoms with E-state index < -0.39 is 8.07 Å². The molecule has 0 unspecified atom stereocenters. The van der Waals surface area contributed by atoms with Crippen LogP contribution in [0.5, 0.6) is 0 Å². The molecule has 3 N–H and O–H groups in total. The summed E-state index contributed by atoms with van der Waals surface area (Å²) in [5, 5.41) is 0.788. The summed E-state index contributed by atoms with van der Waals surface area (Å²) in [6, 6.07) is 1.12. The third kappa shape index (κ3) is 8.13. The van der Waals surface area contributed by atoms with Crippen molar-refractivity contribution in [2.45, 2.75) is 37.6 Å². The van der Waals surface area contributed by atoms with Gasteiger partial charge in [-0.3, -0.25) is 0 Å². The van der Waals surface area contributed by atoms with Crippen LogP contribution in [0.25, 0.3) is 0 Å². The van der Waals surface area contributed by atoms with E-state index in [4.69, 9.17) is 4.74 Å². The number of hydrogen-bond acceptors (Lipinski definition) is 4. The Morgan fingerprint density at radius 3 is 2.58 bits per heavy atom. The molecule has 0 spiro atoms.